The number of fused-ring (bicyclic) bond motifs is 3. The van der Waals surface area contributed by atoms with E-state index >= 15 is 0 Å². The van der Waals surface area contributed by atoms with Gasteiger partial charge in [-0.2, -0.15) is 0 Å². The molecule has 3 nitrogen and oxygen atoms in total. The number of thiazole rings is 1. The van der Waals surface area contributed by atoms with Crippen LogP contribution in [-0.2, 0) is 0 Å². The summed E-state index contributed by atoms with van der Waals surface area (Å²) in [6.07, 6.45) is 3.88. The Morgan fingerprint density at radius 3 is 3.12 bits per heavy atom. The molecule has 0 spiro atoms. The number of hydrogen-bond acceptors (Lipinski definition) is 3. The van der Waals surface area contributed by atoms with Gasteiger partial charge >= 0.3 is 0 Å². The first kappa shape index (κ1) is 8.73. The summed E-state index contributed by atoms with van der Waals surface area (Å²) < 4.78 is 3.50. The van der Waals surface area contributed by atoms with Gasteiger partial charge in [0.1, 0.15) is 0 Å². The zero-order chi connectivity index (χ0) is 10.5. The van der Waals surface area contributed by atoms with Gasteiger partial charge in [0.05, 0.1) is 10.2 Å². The Morgan fingerprint density at radius 2 is 2.31 bits per heavy atom. The lowest BCUT2D eigenvalue weighted by atomic mass is 9.94. The van der Waals surface area contributed by atoms with E-state index in [0.717, 1.165) is 18.1 Å². The molecule has 3 heterocycles. The van der Waals surface area contributed by atoms with Gasteiger partial charge in [0, 0.05) is 31.4 Å². The normalized spacial score (nSPS) is 17.0. The molecule has 0 amide bonds. The van der Waals surface area contributed by atoms with Crippen molar-refractivity contribution in [2.75, 3.05) is 13.1 Å². The van der Waals surface area contributed by atoms with Crippen LogP contribution in [0.3, 0.4) is 0 Å². The van der Waals surface area contributed by atoms with Crippen LogP contribution in [0.2, 0.25) is 0 Å². The summed E-state index contributed by atoms with van der Waals surface area (Å²) in [5.74, 6) is 0.707. The van der Waals surface area contributed by atoms with Crippen molar-refractivity contribution in [3.05, 3.63) is 36.2 Å². The van der Waals surface area contributed by atoms with E-state index in [4.69, 9.17) is 0 Å². The lowest BCUT2D eigenvalue weighted by Gasteiger charge is -2.27. The van der Waals surface area contributed by atoms with Gasteiger partial charge in [-0.05, 0) is 17.7 Å². The molecule has 1 aliphatic rings. The van der Waals surface area contributed by atoms with E-state index in [1.807, 2.05) is 12.4 Å². The summed E-state index contributed by atoms with van der Waals surface area (Å²) >= 11 is 1.77. The predicted octanol–water partition coefficient (Wildman–Crippen LogP) is 2.24. The largest absolute Gasteiger partial charge is 0.315 e. The Hall–Kier alpha value is -1.39. The van der Waals surface area contributed by atoms with E-state index in [-0.39, 0.29) is 0 Å². The Bertz CT molecular complexity index is 663. The molecule has 3 aromatic rings. The standard InChI is InChI=1S/C12H11N3S/c1-2-10-11(5-8(1)9-6-13-7-9)16-12-14-3-4-15(10)12/h1-5,9,13H,6-7H2. The molecule has 0 bridgehead atoms. The van der Waals surface area contributed by atoms with Crippen LogP contribution in [0.15, 0.2) is 30.6 Å². The summed E-state index contributed by atoms with van der Waals surface area (Å²) in [4.78, 5) is 5.42. The molecule has 0 radical (unpaired) electrons. The zero-order valence-corrected chi connectivity index (χ0v) is 9.50. The Balaban J connectivity index is 1.96. The molecule has 0 atom stereocenters. The molecule has 2 aromatic heterocycles. The Kier molecular flexibility index (Phi) is 1.67. The fourth-order valence-electron chi connectivity index (χ4n) is 2.24. The van der Waals surface area contributed by atoms with E-state index in [0.29, 0.717) is 5.92 Å². The third-order valence-electron chi connectivity index (χ3n) is 3.30. The maximum absolute atomic E-state index is 4.33. The monoisotopic (exact) mass is 229 g/mol. The van der Waals surface area contributed by atoms with Crippen LogP contribution in [0.25, 0.3) is 15.2 Å². The number of benzene rings is 1. The summed E-state index contributed by atoms with van der Waals surface area (Å²) in [6.45, 7) is 2.24. The smallest absolute Gasteiger partial charge is 0.194 e. The van der Waals surface area contributed by atoms with Crippen LogP contribution in [0.1, 0.15) is 11.5 Å². The number of nitrogens with zero attached hydrogens (tertiary/aromatic N) is 2. The van der Waals surface area contributed by atoms with E-state index in [9.17, 15) is 0 Å². The molecule has 0 saturated carbocycles. The molecule has 1 saturated heterocycles. The highest BCUT2D eigenvalue weighted by Gasteiger charge is 2.19. The minimum absolute atomic E-state index is 0.707. The summed E-state index contributed by atoms with van der Waals surface area (Å²) in [7, 11) is 0. The number of rotatable bonds is 1. The topological polar surface area (TPSA) is 29.3 Å². The fourth-order valence-corrected chi connectivity index (χ4v) is 3.27. The maximum Gasteiger partial charge on any atom is 0.194 e. The van der Waals surface area contributed by atoms with Gasteiger partial charge in [-0.3, -0.25) is 4.40 Å². The first-order valence-corrected chi connectivity index (χ1v) is 6.30. The second-order valence-corrected chi connectivity index (χ2v) is 5.27. The van der Waals surface area contributed by atoms with Gasteiger partial charge in [0.2, 0.25) is 0 Å². The SMILES string of the molecule is c1cn2c(n1)sc1cc(C3CNC3)ccc12. The predicted molar refractivity (Wildman–Crippen MR) is 66.2 cm³/mol. The van der Waals surface area contributed by atoms with Crippen molar-refractivity contribution < 1.29 is 0 Å². The van der Waals surface area contributed by atoms with Crippen LogP contribution in [0.4, 0.5) is 0 Å². The third-order valence-corrected chi connectivity index (χ3v) is 4.34. The van der Waals surface area contributed by atoms with Gasteiger partial charge in [-0.15, -0.1) is 0 Å². The van der Waals surface area contributed by atoms with Gasteiger partial charge < -0.3 is 5.32 Å². The lowest BCUT2D eigenvalue weighted by Crippen LogP contribution is -2.39. The molecular formula is C12H11N3S. The number of nitrogens with one attached hydrogen (secondary N) is 1. The molecule has 80 valence electrons. The highest BCUT2D eigenvalue weighted by Crippen LogP contribution is 2.29. The highest BCUT2D eigenvalue weighted by atomic mass is 32.1. The van der Waals surface area contributed by atoms with Gasteiger partial charge in [0.25, 0.3) is 0 Å². The van der Waals surface area contributed by atoms with Crippen molar-refractivity contribution in [3.63, 3.8) is 0 Å². The van der Waals surface area contributed by atoms with Crippen molar-refractivity contribution >= 4 is 26.5 Å². The van der Waals surface area contributed by atoms with Crippen molar-refractivity contribution in [1.29, 1.82) is 0 Å². The third kappa shape index (κ3) is 1.08. The van der Waals surface area contributed by atoms with Crippen molar-refractivity contribution in [1.82, 2.24) is 14.7 Å². The summed E-state index contributed by atoms with van der Waals surface area (Å²) in [5, 5.41) is 3.32. The maximum atomic E-state index is 4.33. The van der Waals surface area contributed by atoms with Crippen molar-refractivity contribution in [3.8, 4) is 0 Å². The number of imidazole rings is 1. The minimum atomic E-state index is 0.707. The molecule has 0 aliphatic carbocycles. The second kappa shape index (κ2) is 3.06. The molecule has 4 heteroatoms. The summed E-state index contributed by atoms with van der Waals surface area (Å²) in [5.41, 5.74) is 2.73. The van der Waals surface area contributed by atoms with Gasteiger partial charge in [-0.1, -0.05) is 17.4 Å². The molecule has 0 unspecified atom stereocenters. The fraction of sp³-hybridized carbons (Fsp3) is 0.250. The zero-order valence-electron chi connectivity index (χ0n) is 8.68. The van der Waals surface area contributed by atoms with Gasteiger partial charge in [0.15, 0.2) is 4.96 Å². The first-order valence-electron chi connectivity index (χ1n) is 5.48. The first-order chi connectivity index (χ1) is 7.92. The van der Waals surface area contributed by atoms with Crippen LogP contribution in [-0.4, -0.2) is 22.5 Å². The molecule has 1 N–H and O–H groups in total. The Morgan fingerprint density at radius 1 is 1.38 bits per heavy atom. The number of hydrogen-bond donors (Lipinski definition) is 1. The quantitative estimate of drug-likeness (QED) is 0.693. The summed E-state index contributed by atoms with van der Waals surface area (Å²) in [6, 6.07) is 6.79. The van der Waals surface area contributed by atoms with Crippen molar-refractivity contribution in [2.24, 2.45) is 0 Å². The Labute approximate surface area is 96.7 Å². The van der Waals surface area contributed by atoms with Crippen LogP contribution < -0.4 is 5.32 Å². The molecule has 4 rings (SSSR count). The van der Waals surface area contributed by atoms with Crippen LogP contribution in [0.5, 0.6) is 0 Å². The molecule has 1 aromatic carbocycles. The molecular weight excluding hydrogens is 218 g/mol. The molecule has 1 fully saturated rings. The molecule has 1 aliphatic heterocycles. The average Bonchev–Trinajstić information content (AvgIpc) is 2.73. The second-order valence-electron chi connectivity index (χ2n) is 4.26. The van der Waals surface area contributed by atoms with E-state index in [1.54, 1.807) is 11.3 Å². The number of aromatic nitrogens is 2. The van der Waals surface area contributed by atoms with Crippen LogP contribution in [0, 0.1) is 0 Å². The average molecular weight is 229 g/mol. The van der Waals surface area contributed by atoms with Crippen LogP contribution >= 0.6 is 11.3 Å². The minimum Gasteiger partial charge on any atom is -0.315 e. The van der Waals surface area contributed by atoms with Gasteiger partial charge in [-0.25, -0.2) is 4.98 Å². The lowest BCUT2D eigenvalue weighted by molar-refractivity contribution is 0.449. The van der Waals surface area contributed by atoms with Crippen molar-refractivity contribution in [2.45, 2.75) is 5.92 Å². The van der Waals surface area contributed by atoms with E-state index < -0.39 is 0 Å². The molecule has 16 heavy (non-hydrogen) atoms. The van der Waals surface area contributed by atoms with E-state index in [1.165, 1.54) is 15.8 Å². The highest BCUT2D eigenvalue weighted by molar-refractivity contribution is 7.23. The van der Waals surface area contributed by atoms with E-state index in [2.05, 4.69) is 32.9 Å².